The van der Waals surface area contributed by atoms with Crippen LogP contribution in [-0.4, -0.2) is 45.7 Å². The Labute approximate surface area is 219 Å². The van der Waals surface area contributed by atoms with Gasteiger partial charge in [0.2, 0.25) is 0 Å². The van der Waals surface area contributed by atoms with Crippen LogP contribution in [0.15, 0.2) is 79.2 Å². The van der Waals surface area contributed by atoms with Gasteiger partial charge in [0.25, 0.3) is 11.8 Å². The lowest BCUT2D eigenvalue weighted by Gasteiger charge is -2.46. The molecule has 0 saturated heterocycles. The maximum Gasteiger partial charge on any atom is 0.272 e. The molecule has 0 saturated carbocycles. The summed E-state index contributed by atoms with van der Waals surface area (Å²) in [6.45, 7) is 3.42. The number of nitrogens with zero attached hydrogens (tertiary/aromatic N) is 2. The number of methoxy groups -OCH3 is 1. The first-order chi connectivity index (χ1) is 17.7. The molecule has 4 rings (SSSR count). The lowest BCUT2D eigenvalue weighted by molar-refractivity contribution is 0.0817. The number of pyridine rings is 2. The molecule has 1 aliphatic carbocycles. The van der Waals surface area contributed by atoms with Crippen molar-refractivity contribution in [3.05, 3.63) is 107 Å². The Balaban J connectivity index is 1.77. The number of hydrogen-bond acceptors (Lipinski definition) is 6. The van der Waals surface area contributed by atoms with E-state index in [4.69, 9.17) is 16.3 Å². The van der Waals surface area contributed by atoms with Crippen LogP contribution < -0.4 is 15.4 Å². The van der Waals surface area contributed by atoms with Crippen LogP contribution in [0.4, 0.5) is 0 Å². The smallest absolute Gasteiger partial charge is 0.272 e. The summed E-state index contributed by atoms with van der Waals surface area (Å²) in [6, 6.07) is 14.0. The number of aryl methyl sites for hydroxylation is 1. The van der Waals surface area contributed by atoms with E-state index >= 15 is 0 Å². The predicted octanol–water partition coefficient (Wildman–Crippen LogP) is 4.11. The molecule has 0 bridgehead atoms. The van der Waals surface area contributed by atoms with E-state index in [1.807, 2.05) is 36.4 Å². The number of amides is 2. The highest BCUT2D eigenvalue weighted by Gasteiger charge is 2.52. The van der Waals surface area contributed by atoms with Crippen molar-refractivity contribution in [2.24, 2.45) is 0 Å². The van der Waals surface area contributed by atoms with Crippen molar-refractivity contribution in [1.29, 1.82) is 0 Å². The third-order valence-electron chi connectivity index (χ3n) is 6.27. The van der Waals surface area contributed by atoms with Gasteiger partial charge in [-0.3, -0.25) is 24.4 Å². The van der Waals surface area contributed by atoms with Gasteiger partial charge in [-0.05, 0) is 48.8 Å². The summed E-state index contributed by atoms with van der Waals surface area (Å²) in [5.41, 5.74) is 1.01. The summed E-state index contributed by atoms with van der Waals surface area (Å²) < 4.78 is 5.22. The normalized spacial score (nSPS) is 20.5. The number of nitrogens with one attached hydrogen (secondary N) is 2. The van der Waals surface area contributed by atoms with Crippen LogP contribution in [0.1, 0.15) is 49.4 Å². The molecule has 0 fully saturated rings. The third kappa shape index (κ3) is 5.01. The van der Waals surface area contributed by atoms with Crippen molar-refractivity contribution in [3.8, 4) is 5.75 Å². The van der Waals surface area contributed by atoms with Crippen molar-refractivity contribution in [1.82, 2.24) is 20.6 Å². The van der Waals surface area contributed by atoms with Gasteiger partial charge in [-0.1, -0.05) is 42.5 Å². The number of carbonyl (C=O) groups is 3. The highest BCUT2D eigenvalue weighted by atomic mass is 35.5. The summed E-state index contributed by atoms with van der Waals surface area (Å²) in [5.74, 6) is -0.721. The maximum atomic E-state index is 13.5. The van der Waals surface area contributed by atoms with Crippen molar-refractivity contribution >= 4 is 35.3 Å². The Morgan fingerprint density at radius 1 is 1.03 bits per heavy atom. The fraction of sp³-hybridized carbons (Fsp3) is 0.179. The number of alkyl halides is 1. The average Bonchev–Trinajstić information content (AvgIpc) is 2.90. The Hall–Kier alpha value is -4.30. The van der Waals surface area contributed by atoms with E-state index in [9.17, 15) is 14.4 Å². The van der Waals surface area contributed by atoms with Gasteiger partial charge in [-0.2, -0.15) is 0 Å². The molecule has 0 aliphatic heterocycles. The fourth-order valence-corrected chi connectivity index (χ4v) is 4.44. The number of carbonyl (C=O) groups excluding carboxylic acids is 3. The quantitative estimate of drug-likeness (QED) is 0.278. The first kappa shape index (κ1) is 25.8. The first-order valence-corrected chi connectivity index (χ1v) is 11.8. The van der Waals surface area contributed by atoms with Gasteiger partial charge in [0, 0.05) is 24.0 Å². The van der Waals surface area contributed by atoms with Crippen molar-refractivity contribution in [2.45, 2.75) is 24.4 Å². The zero-order chi connectivity index (χ0) is 26.6. The zero-order valence-corrected chi connectivity index (χ0v) is 21.2. The molecule has 2 atom stereocenters. The Bertz CT molecular complexity index is 1420. The lowest BCUT2D eigenvalue weighted by Crippen LogP contribution is -2.70. The predicted molar refractivity (Wildman–Crippen MR) is 141 cm³/mol. The maximum absolute atomic E-state index is 13.5. The molecule has 8 nitrogen and oxygen atoms in total. The average molecular weight is 517 g/mol. The van der Waals surface area contributed by atoms with Crippen LogP contribution >= 0.6 is 11.6 Å². The van der Waals surface area contributed by atoms with Gasteiger partial charge in [-0.25, -0.2) is 0 Å². The molecule has 2 heterocycles. The minimum Gasteiger partial charge on any atom is -0.497 e. The van der Waals surface area contributed by atoms with Crippen LogP contribution in [0.5, 0.6) is 5.75 Å². The first-order valence-electron chi connectivity index (χ1n) is 11.4. The standard InChI is InChI=1S/C28H25ClN4O4/c1-18-14-23(31-16-20(18)17-34)25(35)32-28(33-26(36)24-15-21(37-3)11-13-30-24)12-7-10-22(27(28,2)29)19-8-5-4-6-9-19/h4-17H,1-3H3,(H,32,35)(H,33,36). The molecule has 3 aromatic rings. The molecular weight excluding hydrogens is 492 g/mol. The molecule has 9 heteroatoms. The number of allylic oxidation sites excluding steroid dienone is 2. The SMILES string of the molecule is COc1ccnc(C(=O)NC2(NC(=O)c3cc(C)c(C=O)cn3)C=CC=C(c3ccccc3)C2(C)Cl)c1. The second-order valence-electron chi connectivity index (χ2n) is 8.65. The number of aromatic nitrogens is 2. The number of benzene rings is 1. The van der Waals surface area contributed by atoms with Gasteiger partial charge in [0.15, 0.2) is 11.9 Å². The van der Waals surface area contributed by atoms with Crippen molar-refractivity contribution in [3.63, 3.8) is 0 Å². The number of hydrogen-bond donors (Lipinski definition) is 2. The van der Waals surface area contributed by atoms with E-state index in [1.54, 1.807) is 32.1 Å². The van der Waals surface area contributed by atoms with Gasteiger partial charge in [0.05, 0.1) is 7.11 Å². The van der Waals surface area contributed by atoms with Crippen LogP contribution in [0.25, 0.3) is 5.57 Å². The minimum atomic E-state index is -1.59. The number of ether oxygens (including phenoxy) is 1. The molecule has 188 valence electrons. The van der Waals surface area contributed by atoms with E-state index < -0.39 is 22.4 Å². The lowest BCUT2D eigenvalue weighted by atomic mass is 9.78. The second-order valence-corrected chi connectivity index (χ2v) is 9.41. The Morgan fingerprint density at radius 2 is 1.70 bits per heavy atom. The Kier molecular flexibility index (Phi) is 7.22. The van der Waals surface area contributed by atoms with Gasteiger partial charge >= 0.3 is 0 Å². The van der Waals surface area contributed by atoms with E-state index in [0.717, 1.165) is 5.56 Å². The van der Waals surface area contributed by atoms with Gasteiger partial charge in [-0.15, -0.1) is 11.6 Å². The highest BCUT2D eigenvalue weighted by molar-refractivity contribution is 6.32. The molecular formula is C28H25ClN4O4. The van der Waals surface area contributed by atoms with E-state index in [-0.39, 0.29) is 11.4 Å². The van der Waals surface area contributed by atoms with Crippen LogP contribution in [0.3, 0.4) is 0 Å². The third-order valence-corrected chi connectivity index (χ3v) is 6.77. The summed E-state index contributed by atoms with van der Waals surface area (Å²) >= 11 is 7.24. The highest BCUT2D eigenvalue weighted by Crippen LogP contribution is 2.44. The van der Waals surface area contributed by atoms with Gasteiger partial charge in [0.1, 0.15) is 22.0 Å². The molecule has 2 aromatic heterocycles. The molecule has 37 heavy (non-hydrogen) atoms. The minimum absolute atomic E-state index is 0.0629. The topological polar surface area (TPSA) is 110 Å². The van der Waals surface area contributed by atoms with Crippen molar-refractivity contribution < 1.29 is 19.1 Å². The zero-order valence-electron chi connectivity index (χ0n) is 20.5. The Morgan fingerprint density at radius 3 is 2.32 bits per heavy atom. The summed E-state index contributed by atoms with van der Waals surface area (Å²) in [7, 11) is 1.49. The second kappa shape index (κ2) is 10.4. The molecule has 2 amide bonds. The molecule has 0 spiro atoms. The molecule has 2 unspecified atom stereocenters. The molecule has 1 aliphatic rings. The van der Waals surface area contributed by atoms with E-state index in [2.05, 4.69) is 20.6 Å². The summed E-state index contributed by atoms with van der Waals surface area (Å²) in [4.78, 5) is 45.0. The van der Waals surface area contributed by atoms with Crippen molar-refractivity contribution in [2.75, 3.05) is 7.11 Å². The van der Waals surface area contributed by atoms with Crippen LogP contribution in [0, 0.1) is 6.92 Å². The van der Waals surface area contributed by atoms with Crippen LogP contribution in [0.2, 0.25) is 0 Å². The molecule has 1 aromatic carbocycles. The number of aldehydes is 1. The molecule has 2 N–H and O–H groups in total. The summed E-state index contributed by atoms with van der Waals surface area (Å²) in [6.07, 6.45) is 8.63. The van der Waals surface area contributed by atoms with E-state index in [0.29, 0.717) is 28.7 Å². The summed E-state index contributed by atoms with van der Waals surface area (Å²) in [5, 5.41) is 5.79. The number of rotatable bonds is 7. The molecule has 0 radical (unpaired) electrons. The fourth-order valence-electron chi connectivity index (χ4n) is 4.11. The monoisotopic (exact) mass is 516 g/mol. The van der Waals surface area contributed by atoms with E-state index in [1.165, 1.54) is 31.6 Å². The van der Waals surface area contributed by atoms with Crippen LogP contribution in [-0.2, 0) is 0 Å². The van der Waals surface area contributed by atoms with Gasteiger partial charge < -0.3 is 15.4 Å². The largest absolute Gasteiger partial charge is 0.497 e. The number of halogens is 1.